The van der Waals surface area contributed by atoms with E-state index in [-0.39, 0.29) is 23.7 Å². The molecule has 18 heavy (non-hydrogen) atoms. The first-order valence-electron chi connectivity index (χ1n) is 5.78. The van der Waals surface area contributed by atoms with Crippen molar-refractivity contribution in [3.63, 3.8) is 0 Å². The highest BCUT2D eigenvalue weighted by Gasteiger charge is 2.34. The molecule has 0 aromatic carbocycles. The fourth-order valence-electron chi connectivity index (χ4n) is 1.78. The Labute approximate surface area is 109 Å². The molecule has 0 saturated carbocycles. The third-order valence-corrected chi connectivity index (χ3v) is 3.79. The first kappa shape index (κ1) is 12.9. The van der Waals surface area contributed by atoms with Gasteiger partial charge in [0.05, 0.1) is 18.8 Å². The zero-order chi connectivity index (χ0) is 13.0. The van der Waals surface area contributed by atoms with Crippen LogP contribution in [0.2, 0.25) is 0 Å². The zero-order valence-corrected chi connectivity index (χ0v) is 10.9. The van der Waals surface area contributed by atoms with E-state index in [1.807, 2.05) is 0 Å². The van der Waals surface area contributed by atoms with Gasteiger partial charge in [-0.2, -0.15) is 0 Å². The van der Waals surface area contributed by atoms with Gasteiger partial charge in [-0.25, -0.2) is 4.98 Å². The van der Waals surface area contributed by atoms with Crippen LogP contribution in [-0.2, 0) is 14.3 Å². The summed E-state index contributed by atoms with van der Waals surface area (Å²) in [4.78, 5) is 31.9. The number of rotatable bonds is 5. The van der Waals surface area contributed by atoms with E-state index in [4.69, 9.17) is 4.74 Å². The molecule has 2 rings (SSSR count). The van der Waals surface area contributed by atoms with Crippen LogP contribution in [0.4, 0.5) is 0 Å². The van der Waals surface area contributed by atoms with E-state index in [0.717, 1.165) is 5.82 Å². The van der Waals surface area contributed by atoms with Gasteiger partial charge in [-0.05, 0) is 6.92 Å². The summed E-state index contributed by atoms with van der Waals surface area (Å²) in [6, 6.07) is 0. The number of nitrogens with one attached hydrogen (secondary N) is 1. The molecule has 1 aliphatic rings. The molecular weight excluding hydrogens is 254 g/mol. The smallest absolute Gasteiger partial charge is 0.307 e. The Morgan fingerprint density at radius 3 is 3.22 bits per heavy atom. The van der Waals surface area contributed by atoms with E-state index in [0.29, 0.717) is 18.9 Å². The average Bonchev–Trinajstić information content (AvgIpc) is 2.96. The van der Waals surface area contributed by atoms with Crippen LogP contribution in [0.3, 0.4) is 0 Å². The molecule has 7 heteroatoms. The molecule has 1 atom stereocenters. The molecule has 1 aromatic rings. The second kappa shape index (κ2) is 5.90. The van der Waals surface area contributed by atoms with Crippen LogP contribution >= 0.6 is 11.8 Å². The van der Waals surface area contributed by atoms with Crippen molar-refractivity contribution in [3.8, 4) is 0 Å². The monoisotopic (exact) mass is 269 g/mol. The van der Waals surface area contributed by atoms with E-state index >= 15 is 0 Å². The van der Waals surface area contributed by atoms with Crippen molar-refractivity contribution in [2.45, 2.75) is 18.7 Å². The normalized spacial score (nSPS) is 19.3. The fourth-order valence-corrected chi connectivity index (χ4v) is 2.94. The first-order valence-corrected chi connectivity index (χ1v) is 6.83. The number of amides is 1. The summed E-state index contributed by atoms with van der Waals surface area (Å²) < 4.78 is 4.86. The van der Waals surface area contributed by atoms with Gasteiger partial charge in [0, 0.05) is 18.9 Å². The Morgan fingerprint density at radius 1 is 1.72 bits per heavy atom. The molecule has 1 unspecified atom stereocenters. The summed E-state index contributed by atoms with van der Waals surface area (Å²) in [6.45, 7) is 2.50. The number of ether oxygens (including phenoxy) is 1. The van der Waals surface area contributed by atoms with Crippen molar-refractivity contribution in [2.24, 2.45) is 0 Å². The Morgan fingerprint density at radius 2 is 2.56 bits per heavy atom. The predicted octanol–water partition coefficient (Wildman–Crippen LogP) is 0.937. The van der Waals surface area contributed by atoms with Gasteiger partial charge in [-0.1, -0.05) is 0 Å². The summed E-state index contributed by atoms with van der Waals surface area (Å²) in [5.74, 6) is 0.926. The number of H-pyrrole nitrogens is 1. The number of imidazole rings is 1. The number of carbonyl (C=O) groups excluding carboxylic acids is 2. The number of esters is 1. The number of aromatic amines is 1. The molecule has 2 heterocycles. The summed E-state index contributed by atoms with van der Waals surface area (Å²) >= 11 is 1.51. The fraction of sp³-hybridized carbons (Fsp3) is 0.545. The van der Waals surface area contributed by atoms with E-state index in [1.54, 1.807) is 24.2 Å². The van der Waals surface area contributed by atoms with Crippen molar-refractivity contribution in [3.05, 3.63) is 18.2 Å². The molecule has 0 aliphatic carbocycles. The molecule has 1 aliphatic heterocycles. The van der Waals surface area contributed by atoms with Crippen molar-refractivity contribution in [1.29, 1.82) is 0 Å². The second-order valence-corrected chi connectivity index (χ2v) is 4.85. The molecule has 1 saturated heterocycles. The maximum atomic E-state index is 11.8. The maximum absolute atomic E-state index is 11.8. The number of hydrogen-bond acceptors (Lipinski definition) is 5. The van der Waals surface area contributed by atoms with Gasteiger partial charge in [-0.15, -0.1) is 11.8 Å². The molecule has 6 nitrogen and oxygen atoms in total. The lowest BCUT2D eigenvalue weighted by Crippen LogP contribution is -2.31. The summed E-state index contributed by atoms with van der Waals surface area (Å²) in [7, 11) is 0. The average molecular weight is 269 g/mol. The summed E-state index contributed by atoms with van der Waals surface area (Å²) in [5, 5.41) is -0.123. The van der Waals surface area contributed by atoms with Crippen LogP contribution in [0.5, 0.6) is 0 Å². The minimum Gasteiger partial charge on any atom is -0.466 e. The van der Waals surface area contributed by atoms with Crippen molar-refractivity contribution < 1.29 is 14.3 Å². The summed E-state index contributed by atoms with van der Waals surface area (Å²) in [5.41, 5.74) is 0. The largest absolute Gasteiger partial charge is 0.466 e. The highest BCUT2D eigenvalue weighted by atomic mass is 32.2. The third kappa shape index (κ3) is 2.84. The van der Waals surface area contributed by atoms with Crippen LogP contribution < -0.4 is 0 Å². The Hall–Kier alpha value is -1.50. The molecule has 0 radical (unpaired) electrons. The molecular formula is C11H15N3O3S. The third-order valence-electron chi connectivity index (χ3n) is 2.58. The topological polar surface area (TPSA) is 75.3 Å². The predicted molar refractivity (Wildman–Crippen MR) is 66.7 cm³/mol. The SMILES string of the molecule is CCOC(=O)CCN1C(=O)CSC1c1ncc[nH]1. The summed E-state index contributed by atoms with van der Waals surface area (Å²) in [6.07, 6.45) is 3.60. The lowest BCUT2D eigenvalue weighted by atomic mass is 10.3. The first-order chi connectivity index (χ1) is 8.72. The van der Waals surface area contributed by atoms with Crippen molar-refractivity contribution in [2.75, 3.05) is 18.9 Å². The lowest BCUT2D eigenvalue weighted by Gasteiger charge is -2.21. The molecule has 0 bridgehead atoms. The maximum Gasteiger partial charge on any atom is 0.307 e. The van der Waals surface area contributed by atoms with Gasteiger partial charge in [0.15, 0.2) is 0 Å². The molecule has 0 spiro atoms. The van der Waals surface area contributed by atoms with Gasteiger partial charge < -0.3 is 14.6 Å². The number of thioether (sulfide) groups is 1. The minimum atomic E-state index is -0.277. The molecule has 1 fully saturated rings. The van der Waals surface area contributed by atoms with Gasteiger partial charge in [0.2, 0.25) is 5.91 Å². The second-order valence-electron chi connectivity index (χ2n) is 3.78. The van der Waals surface area contributed by atoms with Crippen molar-refractivity contribution >= 4 is 23.6 Å². The quantitative estimate of drug-likeness (QED) is 0.805. The highest BCUT2D eigenvalue weighted by molar-refractivity contribution is 8.00. The van der Waals surface area contributed by atoms with E-state index in [9.17, 15) is 9.59 Å². The van der Waals surface area contributed by atoms with Gasteiger partial charge in [-0.3, -0.25) is 9.59 Å². The highest BCUT2D eigenvalue weighted by Crippen LogP contribution is 2.36. The van der Waals surface area contributed by atoms with Crippen LogP contribution in [-0.4, -0.2) is 45.6 Å². The van der Waals surface area contributed by atoms with E-state index < -0.39 is 0 Å². The molecule has 1 N–H and O–H groups in total. The van der Waals surface area contributed by atoms with Gasteiger partial charge in [0.25, 0.3) is 0 Å². The van der Waals surface area contributed by atoms with Crippen LogP contribution in [0, 0.1) is 0 Å². The number of hydrogen-bond donors (Lipinski definition) is 1. The van der Waals surface area contributed by atoms with Crippen molar-refractivity contribution in [1.82, 2.24) is 14.9 Å². The number of nitrogens with zero attached hydrogens (tertiary/aromatic N) is 2. The minimum absolute atomic E-state index is 0.0331. The Balaban J connectivity index is 1.96. The molecule has 1 amide bonds. The standard InChI is InChI=1S/C11H15N3O3S/c1-2-17-9(16)3-6-14-8(15)7-18-11(14)10-12-4-5-13-10/h4-5,11H,2-3,6-7H2,1H3,(H,12,13). The van der Waals surface area contributed by atoms with Crippen LogP contribution in [0.25, 0.3) is 0 Å². The number of carbonyl (C=O) groups is 2. The van der Waals surface area contributed by atoms with E-state index in [2.05, 4.69) is 9.97 Å². The van der Waals surface area contributed by atoms with Gasteiger partial charge >= 0.3 is 5.97 Å². The van der Waals surface area contributed by atoms with Crippen LogP contribution in [0.15, 0.2) is 12.4 Å². The zero-order valence-electron chi connectivity index (χ0n) is 10.1. The Kier molecular flexibility index (Phi) is 4.24. The number of aromatic nitrogens is 2. The lowest BCUT2D eigenvalue weighted by molar-refractivity contribution is -0.143. The molecule has 98 valence electrons. The van der Waals surface area contributed by atoms with Crippen LogP contribution in [0.1, 0.15) is 24.5 Å². The van der Waals surface area contributed by atoms with E-state index in [1.165, 1.54) is 11.8 Å². The molecule has 1 aromatic heterocycles. The van der Waals surface area contributed by atoms with Gasteiger partial charge in [0.1, 0.15) is 11.2 Å². The Bertz CT molecular complexity index is 421.